The van der Waals surface area contributed by atoms with Crippen LogP contribution in [-0.4, -0.2) is 11.5 Å². The first-order valence-electron chi connectivity index (χ1n) is 5.93. The van der Waals surface area contributed by atoms with Gasteiger partial charge in [0, 0.05) is 30.2 Å². The van der Waals surface area contributed by atoms with E-state index in [9.17, 15) is 4.39 Å². The van der Waals surface area contributed by atoms with E-state index in [1.807, 2.05) is 24.0 Å². The number of hydrogen-bond acceptors (Lipinski definition) is 3. The Morgan fingerprint density at radius 2 is 2.17 bits per heavy atom. The molecule has 1 aliphatic rings. The molecule has 0 spiro atoms. The zero-order chi connectivity index (χ0) is 12.7. The number of halogens is 1. The van der Waals surface area contributed by atoms with Crippen LogP contribution < -0.4 is 10.6 Å². The van der Waals surface area contributed by atoms with E-state index >= 15 is 0 Å². The lowest BCUT2D eigenvalue weighted by Gasteiger charge is -2.19. The van der Waals surface area contributed by atoms with Gasteiger partial charge in [0.1, 0.15) is 11.6 Å². The van der Waals surface area contributed by atoms with Crippen molar-refractivity contribution in [3.8, 4) is 0 Å². The number of nitrogens with two attached hydrogens (primary N) is 1. The van der Waals surface area contributed by atoms with Crippen LogP contribution in [0, 0.1) is 12.7 Å². The van der Waals surface area contributed by atoms with Crippen LogP contribution in [0.15, 0.2) is 30.5 Å². The van der Waals surface area contributed by atoms with E-state index in [1.54, 1.807) is 12.3 Å². The second-order valence-corrected chi connectivity index (χ2v) is 4.57. The van der Waals surface area contributed by atoms with Crippen LogP contribution in [0.25, 0.3) is 0 Å². The topological polar surface area (TPSA) is 42.2 Å². The van der Waals surface area contributed by atoms with Crippen molar-refractivity contribution in [2.45, 2.75) is 13.3 Å². The van der Waals surface area contributed by atoms with E-state index in [-0.39, 0.29) is 5.82 Å². The quantitative estimate of drug-likeness (QED) is 0.837. The summed E-state index contributed by atoms with van der Waals surface area (Å²) in [6.07, 6.45) is 2.66. The first-order chi connectivity index (χ1) is 8.65. The molecule has 3 nitrogen and oxygen atoms in total. The van der Waals surface area contributed by atoms with Gasteiger partial charge in [-0.05, 0) is 36.6 Å². The summed E-state index contributed by atoms with van der Waals surface area (Å²) >= 11 is 0. The largest absolute Gasteiger partial charge is 0.398 e. The highest BCUT2D eigenvalue weighted by molar-refractivity contribution is 5.69. The molecule has 0 radical (unpaired) electrons. The number of hydrogen-bond donors (Lipinski definition) is 1. The third kappa shape index (κ3) is 1.70. The summed E-state index contributed by atoms with van der Waals surface area (Å²) in [6, 6.07) is 6.73. The summed E-state index contributed by atoms with van der Waals surface area (Å²) in [5, 5.41) is 0. The van der Waals surface area contributed by atoms with Crippen molar-refractivity contribution in [1.82, 2.24) is 4.98 Å². The van der Waals surface area contributed by atoms with Crippen molar-refractivity contribution < 1.29 is 4.39 Å². The molecule has 4 heteroatoms. The van der Waals surface area contributed by atoms with Gasteiger partial charge in [0.2, 0.25) is 0 Å². The standard InChI is InChI=1S/C14H14FN3/c1-9-8-17-14(7-12(9)16)18-5-4-10-2-3-11(15)6-13(10)18/h2-3,6-8H,4-5H2,1H3,(H2,16,17). The van der Waals surface area contributed by atoms with Gasteiger partial charge in [0.05, 0.1) is 0 Å². The van der Waals surface area contributed by atoms with Crippen LogP contribution in [0.5, 0.6) is 0 Å². The Morgan fingerprint density at radius 1 is 1.33 bits per heavy atom. The molecule has 0 unspecified atom stereocenters. The number of aryl methyl sites for hydroxylation is 1. The molecule has 0 amide bonds. The number of nitrogens with zero attached hydrogens (tertiary/aromatic N) is 2. The molecule has 92 valence electrons. The Labute approximate surface area is 105 Å². The van der Waals surface area contributed by atoms with Gasteiger partial charge in [0.15, 0.2) is 0 Å². The van der Waals surface area contributed by atoms with Crippen molar-refractivity contribution in [1.29, 1.82) is 0 Å². The Morgan fingerprint density at radius 3 is 2.94 bits per heavy atom. The van der Waals surface area contributed by atoms with Crippen LogP contribution in [0.2, 0.25) is 0 Å². The molecule has 1 aromatic heterocycles. The lowest BCUT2D eigenvalue weighted by Crippen LogP contribution is -2.15. The molecule has 3 rings (SSSR count). The maximum Gasteiger partial charge on any atom is 0.135 e. The van der Waals surface area contributed by atoms with Crippen molar-refractivity contribution in [2.75, 3.05) is 17.2 Å². The fourth-order valence-electron chi connectivity index (χ4n) is 2.27. The molecule has 0 aliphatic carbocycles. The number of rotatable bonds is 1. The van der Waals surface area contributed by atoms with Crippen molar-refractivity contribution in [2.24, 2.45) is 0 Å². The van der Waals surface area contributed by atoms with Gasteiger partial charge in [-0.25, -0.2) is 9.37 Å². The summed E-state index contributed by atoms with van der Waals surface area (Å²) in [5.74, 6) is 0.559. The average Bonchev–Trinajstić information content (AvgIpc) is 2.75. The normalized spacial score (nSPS) is 13.8. The molecule has 0 saturated carbocycles. The van der Waals surface area contributed by atoms with Crippen LogP contribution in [-0.2, 0) is 6.42 Å². The Hall–Kier alpha value is -2.10. The van der Waals surface area contributed by atoms with Gasteiger partial charge in [-0.3, -0.25) is 0 Å². The number of anilines is 3. The highest BCUT2D eigenvalue weighted by Crippen LogP contribution is 2.34. The van der Waals surface area contributed by atoms with E-state index < -0.39 is 0 Å². The number of pyridine rings is 1. The Balaban J connectivity index is 2.05. The van der Waals surface area contributed by atoms with Crippen LogP contribution >= 0.6 is 0 Å². The van der Waals surface area contributed by atoms with Crippen molar-refractivity contribution in [3.05, 3.63) is 47.4 Å². The maximum atomic E-state index is 13.3. The number of fused-ring (bicyclic) bond motifs is 1. The summed E-state index contributed by atoms with van der Waals surface area (Å²) in [7, 11) is 0. The van der Waals surface area contributed by atoms with Gasteiger partial charge < -0.3 is 10.6 Å². The zero-order valence-corrected chi connectivity index (χ0v) is 10.2. The summed E-state index contributed by atoms with van der Waals surface area (Å²) in [5.41, 5.74) is 9.61. The average molecular weight is 243 g/mol. The van der Waals surface area contributed by atoms with Gasteiger partial charge in [0.25, 0.3) is 0 Å². The number of aromatic nitrogens is 1. The van der Waals surface area contributed by atoms with Gasteiger partial charge in [-0.15, -0.1) is 0 Å². The van der Waals surface area contributed by atoms with Crippen LogP contribution in [0.3, 0.4) is 0 Å². The van der Waals surface area contributed by atoms with Crippen molar-refractivity contribution in [3.63, 3.8) is 0 Å². The van der Waals surface area contributed by atoms with E-state index in [0.717, 1.165) is 35.6 Å². The third-order valence-electron chi connectivity index (χ3n) is 3.35. The summed E-state index contributed by atoms with van der Waals surface area (Å²) in [6.45, 7) is 2.73. The molecule has 1 aromatic carbocycles. The Kier molecular flexibility index (Phi) is 2.44. The van der Waals surface area contributed by atoms with E-state index in [0.29, 0.717) is 5.69 Å². The lowest BCUT2D eigenvalue weighted by molar-refractivity contribution is 0.628. The van der Waals surface area contributed by atoms with E-state index in [4.69, 9.17) is 5.73 Å². The van der Waals surface area contributed by atoms with E-state index in [2.05, 4.69) is 4.98 Å². The fourth-order valence-corrected chi connectivity index (χ4v) is 2.27. The fraction of sp³-hybridized carbons (Fsp3) is 0.214. The minimum absolute atomic E-state index is 0.222. The molecule has 0 fully saturated rings. The molecule has 2 aromatic rings. The summed E-state index contributed by atoms with van der Waals surface area (Å²) < 4.78 is 13.3. The van der Waals surface area contributed by atoms with Gasteiger partial charge in [-0.1, -0.05) is 6.07 Å². The lowest BCUT2D eigenvalue weighted by atomic mass is 10.2. The minimum atomic E-state index is -0.222. The van der Waals surface area contributed by atoms with Gasteiger partial charge >= 0.3 is 0 Å². The minimum Gasteiger partial charge on any atom is -0.398 e. The van der Waals surface area contributed by atoms with Gasteiger partial charge in [-0.2, -0.15) is 0 Å². The molecule has 0 saturated heterocycles. The number of benzene rings is 1. The van der Waals surface area contributed by atoms with E-state index in [1.165, 1.54) is 6.07 Å². The molecule has 2 heterocycles. The zero-order valence-electron chi connectivity index (χ0n) is 10.2. The maximum absolute atomic E-state index is 13.3. The SMILES string of the molecule is Cc1cnc(N2CCc3ccc(F)cc32)cc1N. The molecular weight excluding hydrogens is 229 g/mol. The Bertz CT molecular complexity index is 610. The second-order valence-electron chi connectivity index (χ2n) is 4.57. The molecular formula is C14H14FN3. The smallest absolute Gasteiger partial charge is 0.135 e. The highest BCUT2D eigenvalue weighted by Gasteiger charge is 2.22. The monoisotopic (exact) mass is 243 g/mol. The third-order valence-corrected chi connectivity index (χ3v) is 3.35. The molecule has 0 atom stereocenters. The van der Waals surface area contributed by atoms with Crippen LogP contribution in [0.4, 0.5) is 21.6 Å². The number of nitrogen functional groups attached to an aromatic ring is 1. The molecule has 0 bridgehead atoms. The first-order valence-corrected chi connectivity index (χ1v) is 5.93. The predicted molar refractivity (Wildman–Crippen MR) is 70.5 cm³/mol. The second kappa shape index (κ2) is 3.98. The molecule has 2 N–H and O–H groups in total. The van der Waals surface area contributed by atoms with Crippen molar-refractivity contribution >= 4 is 17.2 Å². The predicted octanol–water partition coefficient (Wildman–Crippen LogP) is 2.81. The molecule has 18 heavy (non-hydrogen) atoms. The first kappa shape index (κ1) is 11.0. The molecule has 1 aliphatic heterocycles. The highest BCUT2D eigenvalue weighted by atomic mass is 19.1. The summed E-state index contributed by atoms with van der Waals surface area (Å²) in [4.78, 5) is 6.38. The van der Waals surface area contributed by atoms with Crippen LogP contribution in [0.1, 0.15) is 11.1 Å².